The summed E-state index contributed by atoms with van der Waals surface area (Å²) in [6, 6.07) is 0. The first-order valence-electron chi connectivity index (χ1n) is 5.02. The first kappa shape index (κ1) is 9.73. The molecule has 1 N–H and O–H groups in total. The fourth-order valence-electron chi connectivity index (χ4n) is 1.60. The second-order valence-corrected chi connectivity index (χ2v) is 3.53. The van der Waals surface area contributed by atoms with Crippen LogP contribution in [0, 0.1) is 0 Å². The maximum Gasteiger partial charge on any atom is 0.407 e. The van der Waals surface area contributed by atoms with Crippen LogP contribution in [0.1, 0.15) is 19.3 Å². The van der Waals surface area contributed by atoms with Crippen molar-refractivity contribution in [3.05, 3.63) is 0 Å². The van der Waals surface area contributed by atoms with E-state index in [0.29, 0.717) is 13.2 Å². The summed E-state index contributed by atoms with van der Waals surface area (Å²) in [4.78, 5) is 10.7. The topological polar surface area (TPSA) is 56.8 Å². The van der Waals surface area contributed by atoms with Gasteiger partial charge in [-0.1, -0.05) is 0 Å². The normalized spacial score (nSPS) is 33.3. The molecule has 0 saturated carbocycles. The number of rotatable bonds is 2. The number of alkyl carbamates (subject to hydrolysis) is 1. The largest absolute Gasteiger partial charge is 0.447 e. The maximum atomic E-state index is 10.7. The molecule has 5 heteroatoms. The highest BCUT2D eigenvalue weighted by Crippen LogP contribution is 2.16. The molecule has 0 aliphatic carbocycles. The molecule has 0 aromatic heterocycles. The third kappa shape index (κ3) is 2.59. The molecule has 0 radical (unpaired) electrons. The highest BCUT2D eigenvalue weighted by Gasteiger charge is 2.24. The van der Waals surface area contributed by atoms with Crippen LogP contribution in [0.3, 0.4) is 0 Å². The zero-order valence-electron chi connectivity index (χ0n) is 8.03. The van der Waals surface area contributed by atoms with Gasteiger partial charge in [-0.3, -0.25) is 0 Å². The van der Waals surface area contributed by atoms with Gasteiger partial charge in [0.25, 0.3) is 0 Å². The van der Waals surface area contributed by atoms with Crippen molar-refractivity contribution in [1.29, 1.82) is 0 Å². The smallest absolute Gasteiger partial charge is 0.407 e. The lowest BCUT2D eigenvalue weighted by Crippen LogP contribution is -2.45. The molecular formula is C9H15NO4. The van der Waals surface area contributed by atoms with Gasteiger partial charge in [0.15, 0.2) is 6.29 Å². The lowest BCUT2D eigenvalue weighted by atomic mass is 10.2. The number of hydrogen-bond donors (Lipinski definition) is 1. The Bertz CT molecular complexity index is 193. The predicted octanol–water partition coefficient (Wildman–Crippen LogP) is 0.638. The van der Waals surface area contributed by atoms with E-state index in [9.17, 15) is 4.79 Å². The standard InChI is InChI=1S/C9H15NO4/c11-9-10-5-7(6-13-9)14-8-3-1-2-4-12-8/h7-8H,1-6H2,(H,10,11). The number of amides is 1. The molecule has 0 aromatic carbocycles. The van der Waals surface area contributed by atoms with Crippen LogP contribution in [0.25, 0.3) is 0 Å². The summed E-state index contributed by atoms with van der Waals surface area (Å²) in [5.41, 5.74) is 0. The molecule has 0 bridgehead atoms. The Kier molecular flexibility index (Phi) is 3.21. The van der Waals surface area contributed by atoms with Crippen molar-refractivity contribution >= 4 is 6.09 Å². The van der Waals surface area contributed by atoms with Crippen molar-refractivity contribution in [2.75, 3.05) is 19.8 Å². The number of nitrogens with one attached hydrogen (secondary N) is 1. The summed E-state index contributed by atoms with van der Waals surface area (Å²) >= 11 is 0. The minimum atomic E-state index is -0.366. The molecule has 0 aromatic rings. The Hall–Kier alpha value is -0.810. The molecule has 2 rings (SSSR count). The van der Waals surface area contributed by atoms with Crippen LogP contribution in [0.4, 0.5) is 4.79 Å². The third-order valence-corrected chi connectivity index (χ3v) is 2.36. The molecule has 2 heterocycles. The predicted molar refractivity (Wildman–Crippen MR) is 47.8 cm³/mol. The van der Waals surface area contributed by atoms with Gasteiger partial charge in [-0.25, -0.2) is 4.79 Å². The van der Waals surface area contributed by atoms with Crippen LogP contribution in [0.15, 0.2) is 0 Å². The lowest BCUT2D eigenvalue weighted by Gasteiger charge is -2.29. The van der Waals surface area contributed by atoms with Gasteiger partial charge in [-0.2, -0.15) is 0 Å². The van der Waals surface area contributed by atoms with Gasteiger partial charge in [0.05, 0.1) is 6.54 Å². The molecule has 2 unspecified atom stereocenters. The summed E-state index contributed by atoms with van der Waals surface area (Å²) in [5.74, 6) is 0. The summed E-state index contributed by atoms with van der Waals surface area (Å²) in [5, 5.41) is 2.58. The van der Waals surface area contributed by atoms with Crippen molar-refractivity contribution in [2.45, 2.75) is 31.7 Å². The molecular weight excluding hydrogens is 186 g/mol. The van der Waals surface area contributed by atoms with Gasteiger partial charge in [0.1, 0.15) is 12.7 Å². The van der Waals surface area contributed by atoms with Gasteiger partial charge >= 0.3 is 6.09 Å². The van der Waals surface area contributed by atoms with Gasteiger partial charge in [-0.15, -0.1) is 0 Å². The molecule has 80 valence electrons. The van der Waals surface area contributed by atoms with Crippen LogP contribution in [-0.4, -0.2) is 38.2 Å². The van der Waals surface area contributed by atoms with E-state index in [1.807, 2.05) is 0 Å². The average molecular weight is 201 g/mol. The Labute approximate surface area is 82.7 Å². The molecule has 2 atom stereocenters. The highest BCUT2D eigenvalue weighted by molar-refractivity contribution is 5.67. The fourth-order valence-corrected chi connectivity index (χ4v) is 1.60. The van der Waals surface area contributed by atoms with Crippen LogP contribution in [0.2, 0.25) is 0 Å². The van der Waals surface area contributed by atoms with Crippen LogP contribution < -0.4 is 5.32 Å². The fraction of sp³-hybridized carbons (Fsp3) is 0.889. The van der Waals surface area contributed by atoms with E-state index < -0.39 is 0 Å². The second-order valence-electron chi connectivity index (χ2n) is 3.53. The maximum absolute atomic E-state index is 10.7. The molecule has 0 spiro atoms. The SMILES string of the molecule is O=C1NCC(OC2CCCCO2)CO1. The van der Waals surface area contributed by atoms with Crippen LogP contribution in [0.5, 0.6) is 0 Å². The Morgan fingerprint density at radius 3 is 3.00 bits per heavy atom. The average Bonchev–Trinajstić information content (AvgIpc) is 2.23. The van der Waals surface area contributed by atoms with Crippen molar-refractivity contribution in [3.8, 4) is 0 Å². The summed E-state index contributed by atoms with van der Waals surface area (Å²) < 4.78 is 15.8. The number of ether oxygens (including phenoxy) is 3. The zero-order valence-corrected chi connectivity index (χ0v) is 8.03. The summed E-state index contributed by atoms with van der Waals surface area (Å²) in [6.07, 6.45) is 2.63. The Morgan fingerprint density at radius 2 is 2.36 bits per heavy atom. The van der Waals surface area contributed by atoms with Crippen LogP contribution >= 0.6 is 0 Å². The van der Waals surface area contributed by atoms with Crippen LogP contribution in [-0.2, 0) is 14.2 Å². The first-order chi connectivity index (χ1) is 6.84. The molecule has 2 aliphatic rings. The molecule has 14 heavy (non-hydrogen) atoms. The molecule has 2 saturated heterocycles. The molecule has 2 fully saturated rings. The van der Waals surface area contributed by atoms with E-state index >= 15 is 0 Å². The van der Waals surface area contributed by atoms with Crippen molar-refractivity contribution < 1.29 is 19.0 Å². The summed E-state index contributed by atoms with van der Waals surface area (Å²) in [7, 11) is 0. The van der Waals surface area contributed by atoms with Crippen molar-refractivity contribution in [3.63, 3.8) is 0 Å². The summed E-state index contributed by atoms with van der Waals surface area (Å²) in [6.45, 7) is 1.61. The Balaban J connectivity index is 1.71. The number of carbonyl (C=O) groups is 1. The molecule has 2 aliphatic heterocycles. The van der Waals surface area contributed by atoms with Crippen molar-refractivity contribution in [1.82, 2.24) is 5.32 Å². The first-order valence-corrected chi connectivity index (χ1v) is 5.02. The second kappa shape index (κ2) is 4.61. The van der Waals surface area contributed by atoms with Gasteiger partial charge in [-0.05, 0) is 19.3 Å². The number of carbonyl (C=O) groups excluding carboxylic acids is 1. The quantitative estimate of drug-likeness (QED) is 0.712. The monoisotopic (exact) mass is 201 g/mol. The minimum absolute atomic E-state index is 0.0733. The molecule has 1 amide bonds. The third-order valence-electron chi connectivity index (χ3n) is 2.36. The van der Waals surface area contributed by atoms with E-state index in [2.05, 4.69) is 5.32 Å². The van der Waals surface area contributed by atoms with E-state index in [-0.39, 0.29) is 18.5 Å². The van der Waals surface area contributed by atoms with E-state index in [4.69, 9.17) is 14.2 Å². The van der Waals surface area contributed by atoms with Gasteiger partial charge in [0.2, 0.25) is 0 Å². The Morgan fingerprint density at radius 1 is 1.43 bits per heavy atom. The minimum Gasteiger partial charge on any atom is -0.447 e. The van der Waals surface area contributed by atoms with E-state index in [1.54, 1.807) is 0 Å². The number of hydrogen-bond acceptors (Lipinski definition) is 4. The molecule has 5 nitrogen and oxygen atoms in total. The van der Waals surface area contributed by atoms with Gasteiger partial charge in [0, 0.05) is 6.61 Å². The highest BCUT2D eigenvalue weighted by atomic mass is 16.7. The van der Waals surface area contributed by atoms with E-state index in [1.165, 1.54) is 0 Å². The zero-order chi connectivity index (χ0) is 9.80. The van der Waals surface area contributed by atoms with Gasteiger partial charge < -0.3 is 19.5 Å². The van der Waals surface area contributed by atoms with E-state index in [0.717, 1.165) is 25.9 Å². The lowest BCUT2D eigenvalue weighted by molar-refractivity contribution is -0.196. The number of cyclic esters (lactones) is 1. The van der Waals surface area contributed by atoms with Crippen molar-refractivity contribution in [2.24, 2.45) is 0 Å².